The number of amides is 1. The van der Waals surface area contributed by atoms with E-state index in [1.165, 1.54) is 0 Å². The highest BCUT2D eigenvalue weighted by atomic mass is 16.4. The van der Waals surface area contributed by atoms with Gasteiger partial charge in [0.15, 0.2) is 0 Å². The van der Waals surface area contributed by atoms with Crippen LogP contribution in [0.4, 0.5) is 5.69 Å². The van der Waals surface area contributed by atoms with E-state index in [9.17, 15) is 9.59 Å². The van der Waals surface area contributed by atoms with Gasteiger partial charge in [-0.15, -0.1) is 0 Å². The molecule has 0 aliphatic heterocycles. The van der Waals surface area contributed by atoms with Crippen molar-refractivity contribution in [2.75, 3.05) is 5.32 Å². The van der Waals surface area contributed by atoms with Gasteiger partial charge in [0.25, 0.3) is 0 Å². The van der Waals surface area contributed by atoms with Crippen molar-refractivity contribution in [2.45, 2.75) is 38.5 Å². The number of carbonyl (C=O) groups is 2. The molecule has 4 heteroatoms. The highest BCUT2D eigenvalue weighted by Crippen LogP contribution is 2.33. The molecule has 2 aromatic carbocycles. The molecule has 0 aliphatic carbocycles. The second-order valence-corrected chi connectivity index (χ2v) is 5.88. The molecule has 0 fully saturated rings. The largest absolute Gasteiger partial charge is 0.481 e. The third kappa shape index (κ3) is 3.82. The molecular weight excluding hydrogens is 302 g/mol. The van der Waals surface area contributed by atoms with Gasteiger partial charge in [0, 0.05) is 5.69 Å². The Hall–Kier alpha value is -2.62. The maximum atomic E-state index is 13.0. The van der Waals surface area contributed by atoms with E-state index in [0.29, 0.717) is 24.1 Å². The molecule has 2 aromatic rings. The van der Waals surface area contributed by atoms with Crippen LogP contribution in [0.2, 0.25) is 0 Å². The first-order valence-electron chi connectivity index (χ1n) is 8.19. The van der Waals surface area contributed by atoms with E-state index in [-0.39, 0.29) is 12.3 Å². The lowest BCUT2D eigenvalue weighted by molar-refractivity contribution is -0.136. The number of hydrogen-bond acceptors (Lipinski definition) is 2. The van der Waals surface area contributed by atoms with E-state index >= 15 is 0 Å². The first kappa shape index (κ1) is 17.7. The molecule has 2 N–H and O–H groups in total. The van der Waals surface area contributed by atoms with Crippen molar-refractivity contribution in [2.24, 2.45) is 0 Å². The number of carboxylic acids is 1. The normalized spacial score (nSPS) is 11.1. The summed E-state index contributed by atoms with van der Waals surface area (Å²) in [6.07, 6.45) is 1.32. The topological polar surface area (TPSA) is 66.4 Å². The van der Waals surface area contributed by atoms with Gasteiger partial charge < -0.3 is 10.4 Å². The summed E-state index contributed by atoms with van der Waals surface area (Å²) in [5.74, 6) is -0.953. The SMILES string of the molecule is CCC(CC)(C(=O)Nc1cccc(CC(=O)O)c1)c1ccccc1. The van der Waals surface area contributed by atoms with E-state index in [0.717, 1.165) is 5.56 Å². The number of carbonyl (C=O) groups excluding carboxylic acids is 1. The lowest BCUT2D eigenvalue weighted by atomic mass is 9.75. The Balaban J connectivity index is 2.27. The molecule has 4 nitrogen and oxygen atoms in total. The number of aliphatic carboxylic acids is 1. The number of carboxylic acid groups (broad SMARTS) is 1. The molecule has 0 heterocycles. The van der Waals surface area contributed by atoms with Gasteiger partial charge in [0.05, 0.1) is 11.8 Å². The number of anilines is 1. The minimum Gasteiger partial charge on any atom is -0.481 e. The molecule has 0 spiro atoms. The summed E-state index contributed by atoms with van der Waals surface area (Å²) in [5, 5.41) is 11.9. The summed E-state index contributed by atoms with van der Waals surface area (Å²) in [6, 6.07) is 16.8. The predicted octanol–water partition coefficient (Wildman–Crippen LogP) is 4.01. The van der Waals surface area contributed by atoms with Gasteiger partial charge in [-0.3, -0.25) is 9.59 Å². The highest BCUT2D eigenvalue weighted by Gasteiger charge is 2.36. The Morgan fingerprint density at radius 3 is 2.25 bits per heavy atom. The Bertz CT molecular complexity index is 706. The van der Waals surface area contributed by atoms with Crippen molar-refractivity contribution < 1.29 is 14.7 Å². The minimum absolute atomic E-state index is 0.0604. The lowest BCUT2D eigenvalue weighted by Crippen LogP contribution is -2.39. The molecule has 0 saturated carbocycles. The lowest BCUT2D eigenvalue weighted by Gasteiger charge is -2.31. The van der Waals surface area contributed by atoms with Gasteiger partial charge in [0.1, 0.15) is 0 Å². The molecule has 1 amide bonds. The van der Waals surface area contributed by atoms with Crippen LogP contribution in [0.1, 0.15) is 37.8 Å². The zero-order chi connectivity index (χ0) is 17.6. The van der Waals surface area contributed by atoms with Gasteiger partial charge in [-0.05, 0) is 36.1 Å². The van der Waals surface area contributed by atoms with Crippen molar-refractivity contribution in [3.05, 3.63) is 65.7 Å². The van der Waals surface area contributed by atoms with Crippen molar-refractivity contribution in [3.8, 4) is 0 Å². The second-order valence-electron chi connectivity index (χ2n) is 5.88. The summed E-state index contributed by atoms with van der Waals surface area (Å²) in [4.78, 5) is 23.9. The van der Waals surface area contributed by atoms with Gasteiger partial charge in [-0.1, -0.05) is 56.3 Å². The van der Waals surface area contributed by atoms with Crippen LogP contribution in [0.25, 0.3) is 0 Å². The van der Waals surface area contributed by atoms with Gasteiger partial charge in [0.2, 0.25) is 5.91 Å². The Morgan fingerprint density at radius 1 is 1.00 bits per heavy atom. The van der Waals surface area contributed by atoms with Crippen molar-refractivity contribution >= 4 is 17.6 Å². The standard InChI is InChI=1S/C20H23NO3/c1-3-20(4-2,16-10-6-5-7-11-16)19(24)21-17-12-8-9-15(13-17)14-18(22)23/h5-13H,3-4,14H2,1-2H3,(H,21,24)(H,22,23). The van der Waals surface area contributed by atoms with Crippen molar-refractivity contribution in [1.29, 1.82) is 0 Å². The summed E-state index contributed by atoms with van der Waals surface area (Å²) < 4.78 is 0. The van der Waals surface area contributed by atoms with E-state index in [4.69, 9.17) is 5.11 Å². The van der Waals surface area contributed by atoms with Crippen molar-refractivity contribution in [3.63, 3.8) is 0 Å². The molecule has 0 unspecified atom stereocenters. The summed E-state index contributed by atoms with van der Waals surface area (Å²) in [7, 11) is 0. The van der Waals surface area contributed by atoms with Gasteiger partial charge in [-0.2, -0.15) is 0 Å². The Kier molecular flexibility index (Phi) is 5.74. The number of nitrogens with one attached hydrogen (secondary N) is 1. The van der Waals surface area contributed by atoms with E-state index in [1.54, 1.807) is 24.3 Å². The number of rotatable bonds is 7. The second kappa shape index (κ2) is 7.77. The zero-order valence-electron chi connectivity index (χ0n) is 14.1. The quantitative estimate of drug-likeness (QED) is 0.808. The minimum atomic E-state index is -0.890. The maximum absolute atomic E-state index is 13.0. The molecule has 24 heavy (non-hydrogen) atoms. The van der Waals surface area contributed by atoms with E-state index in [2.05, 4.69) is 5.32 Å². The predicted molar refractivity (Wildman–Crippen MR) is 95.1 cm³/mol. The highest BCUT2D eigenvalue weighted by molar-refractivity contribution is 5.99. The molecule has 0 aromatic heterocycles. The third-order valence-corrected chi connectivity index (χ3v) is 4.51. The van der Waals surface area contributed by atoms with Crippen LogP contribution < -0.4 is 5.32 Å². The summed E-state index contributed by atoms with van der Waals surface area (Å²) in [5.41, 5.74) is 1.69. The fourth-order valence-electron chi connectivity index (χ4n) is 3.05. The average Bonchev–Trinajstić information content (AvgIpc) is 2.57. The average molecular weight is 325 g/mol. The molecule has 2 rings (SSSR count). The van der Waals surface area contributed by atoms with Crippen LogP contribution in [-0.4, -0.2) is 17.0 Å². The first-order chi connectivity index (χ1) is 11.5. The van der Waals surface area contributed by atoms with Crippen LogP contribution in [-0.2, 0) is 21.4 Å². The zero-order valence-corrected chi connectivity index (χ0v) is 14.1. The third-order valence-electron chi connectivity index (χ3n) is 4.51. The summed E-state index contributed by atoms with van der Waals surface area (Å²) in [6.45, 7) is 4.02. The molecule has 126 valence electrons. The fourth-order valence-corrected chi connectivity index (χ4v) is 3.05. The summed E-state index contributed by atoms with van der Waals surface area (Å²) >= 11 is 0. The number of benzene rings is 2. The van der Waals surface area contributed by atoms with Crippen molar-refractivity contribution in [1.82, 2.24) is 0 Å². The fraction of sp³-hybridized carbons (Fsp3) is 0.300. The maximum Gasteiger partial charge on any atom is 0.307 e. The van der Waals surface area contributed by atoms with Crippen LogP contribution in [0, 0.1) is 0 Å². The van der Waals surface area contributed by atoms with E-state index < -0.39 is 11.4 Å². The van der Waals surface area contributed by atoms with Gasteiger partial charge >= 0.3 is 5.97 Å². The number of hydrogen-bond donors (Lipinski definition) is 2. The monoisotopic (exact) mass is 325 g/mol. The molecule has 0 aliphatic rings. The molecule has 0 radical (unpaired) electrons. The Morgan fingerprint density at radius 2 is 1.67 bits per heavy atom. The molecule has 0 bridgehead atoms. The van der Waals surface area contributed by atoms with E-state index in [1.807, 2.05) is 44.2 Å². The first-order valence-corrected chi connectivity index (χ1v) is 8.19. The van der Waals surface area contributed by atoms with Crippen LogP contribution >= 0.6 is 0 Å². The molecular formula is C20H23NO3. The van der Waals surface area contributed by atoms with Gasteiger partial charge in [-0.25, -0.2) is 0 Å². The van der Waals surface area contributed by atoms with Crippen LogP contribution in [0.15, 0.2) is 54.6 Å². The van der Waals surface area contributed by atoms with Crippen LogP contribution in [0.5, 0.6) is 0 Å². The Labute approximate surface area is 142 Å². The van der Waals surface area contributed by atoms with Crippen LogP contribution in [0.3, 0.4) is 0 Å². The molecule has 0 atom stereocenters. The molecule has 0 saturated heterocycles. The smallest absolute Gasteiger partial charge is 0.307 e.